The second-order valence-electron chi connectivity index (χ2n) is 1.67. The van der Waals surface area contributed by atoms with Gasteiger partial charge >= 0.3 is 0 Å². The molecule has 0 N–H and O–H groups in total. The van der Waals surface area contributed by atoms with E-state index in [0.29, 0.717) is 5.92 Å². The van der Waals surface area contributed by atoms with Crippen molar-refractivity contribution in [3.05, 3.63) is 24.3 Å². The van der Waals surface area contributed by atoms with Crippen molar-refractivity contribution in [2.75, 3.05) is 0 Å². The van der Waals surface area contributed by atoms with Crippen LogP contribution in [0.1, 0.15) is 6.92 Å². The van der Waals surface area contributed by atoms with Gasteiger partial charge in [0.1, 0.15) is 0 Å². The average Bonchev–Trinajstić information content (AvgIpc) is 2.19. The molecule has 0 spiro atoms. The van der Waals surface area contributed by atoms with Gasteiger partial charge in [-0.3, -0.25) is 0 Å². The van der Waals surface area contributed by atoms with Crippen LogP contribution in [0.2, 0.25) is 0 Å². The van der Waals surface area contributed by atoms with Crippen LogP contribution in [0.4, 0.5) is 0 Å². The zero-order valence-corrected chi connectivity index (χ0v) is 3.94. The van der Waals surface area contributed by atoms with Gasteiger partial charge in [-0.05, 0) is 6.92 Å². The Kier molecular flexibility index (Phi) is 0.592. The summed E-state index contributed by atoms with van der Waals surface area (Å²) < 4.78 is 0. The first-order valence-electron chi connectivity index (χ1n) is 2.15. The number of hydrogen-bond donors (Lipinski definition) is 0. The molecule has 0 amide bonds. The smallest absolute Gasteiger partial charge is 0.0155 e. The molecule has 6 heavy (non-hydrogen) atoms. The van der Waals surface area contributed by atoms with Gasteiger partial charge in [0.15, 0.2) is 0 Å². The summed E-state index contributed by atoms with van der Waals surface area (Å²) in [6.45, 7) is 5.74. The van der Waals surface area contributed by atoms with Crippen molar-refractivity contribution < 1.29 is 0 Å². The van der Waals surface area contributed by atoms with Gasteiger partial charge in [-0.1, -0.05) is 17.7 Å². The summed E-state index contributed by atoms with van der Waals surface area (Å²) >= 11 is 0. The summed E-state index contributed by atoms with van der Waals surface area (Å²) in [6.07, 6.45) is 4.14. The van der Waals surface area contributed by atoms with Crippen LogP contribution in [-0.4, -0.2) is 0 Å². The van der Waals surface area contributed by atoms with E-state index in [1.165, 1.54) is 5.57 Å². The molecule has 0 aromatic rings. The second-order valence-corrected chi connectivity index (χ2v) is 1.67. The Labute approximate surface area is 38.2 Å². The SMILES string of the molecule is C=CC1C=C1C. The Morgan fingerprint density at radius 2 is 2.50 bits per heavy atom. The van der Waals surface area contributed by atoms with E-state index in [0.717, 1.165) is 0 Å². The van der Waals surface area contributed by atoms with Gasteiger partial charge in [-0.15, -0.1) is 6.58 Å². The monoisotopic (exact) mass is 80.1 g/mol. The molecule has 0 aromatic carbocycles. The maximum absolute atomic E-state index is 3.62. The minimum Gasteiger partial charge on any atom is -0.102 e. The molecule has 0 radical (unpaired) electrons. The van der Waals surface area contributed by atoms with Crippen LogP contribution >= 0.6 is 0 Å². The van der Waals surface area contributed by atoms with E-state index in [4.69, 9.17) is 0 Å². The summed E-state index contributed by atoms with van der Waals surface area (Å²) in [5, 5.41) is 0. The third-order valence-corrected chi connectivity index (χ3v) is 1.11. The summed E-state index contributed by atoms with van der Waals surface area (Å²) in [5.41, 5.74) is 1.46. The fraction of sp³-hybridized carbons (Fsp3) is 0.333. The highest BCUT2D eigenvalue weighted by Crippen LogP contribution is 2.27. The van der Waals surface area contributed by atoms with Crippen LogP contribution < -0.4 is 0 Å². The van der Waals surface area contributed by atoms with E-state index < -0.39 is 0 Å². The number of hydrogen-bond acceptors (Lipinski definition) is 0. The highest BCUT2D eigenvalue weighted by atomic mass is 14.2. The Morgan fingerprint density at radius 3 is 2.50 bits per heavy atom. The molecule has 0 fully saturated rings. The molecule has 0 heteroatoms. The predicted molar refractivity (Wildman–Crippen MR) is 27.4 cm³/mol. The first kappa shape index (κ1) is 3.66. The number of allylic oxidation sites excluding steroid dienone is 3. The molecule has 1 atom stereocenters. The third kappa shape index (κ3) is 0.383. The van der Waals surface area contributed by atoms with Crippen molar-refractivity contribution in [3.63, 3.8) is 0 Å². The first-order chi connectivity index (χ1) is 2.84. The lowest BCUT2D eigenvalue weighted by Crippen LogP contribution is -1.62. The Balaban J connectivity index is 2.35. The van der Waals surface area contributed by atoms with Crippen LogP contribution in [0.3, 0.4) is 0 Å². The normalized spacial score (nSPS) is 28.8. The summed E-state index contributed by atoms with van der Waals surface area (Å²) in [6, 6.07) is 0. The third-order valence-electron chi connectivity index (χ3n) is 1.11. The lowest BCUT2D eigenvalue weighted by molar-refractivity contribution is 1.18. The molecule has 0 aromatic heterocycles. The first-order valence-corrected chi connectivity index (χ1v) is 2.15. The van der Waals surface area contributed by atoms with Gasteiger partial charge in [-0.2, -0.15) is 0 Å². The highest BCUT2D eigenvalue weighted by molar-refractivity contribution is 5.31. The molecule has 1 aliphatic rings. The van der Waals surface area contributed by atoms with Gasteiger partial charge in [0.25, 0.3) is 0 Å². The second kappa shape index (κ2) is 0.970. The standard InChI is InChI=1S/C6H8/c1-3-6-4-5(6)2/h3-4,6H,1H2,2H3. The minimum atomic E-state index is 0.657. The summed E-state index contributed by atoms with van der Waals surface area (Å²) in [7, 11) is 0. The van der Waals surface area contributed by atoms with Crippen LogP contribution in [0, 0.1) is 5.92 Å². The van der Waals surface area contributed by atoms with Crippen molar-refractivity contribution in [1.29, 1.82) is 0 Å². The van der Waals surface area contributed by atoms with Crippen molar-refractivity contribution >= 4 is 0 Å². The quantitative estimate of drug-likeness (QED) is 0.421. The molecular formula is C6H8. The predicted octanol–water partition coefficient (Wildman–Crippen LogP) is 1.75. The van der Waals surface area contributed by atoms with E-state index >= 15 is 0 Å². The maximum Gasteiger partial charge on any atom is 0.0155 e. The molecule has 1 unspecified atom stereocenters. The minimum absolute atomic E-state index is 0.657. The molecule has 0 nitrogen and oxygen atoms in total. The van der Waals surface area contributed by atoms with Crippen molar-refractivity contribution in [3.8, 4) is 0 Å². The summed E-state index contributed by atoms with van der Waals surface area (Å²) in [4.78, 5) is 0. The lowest BCUT2D eigenvalue weighted by Gasteiger charge is -1.74. The molecule has 1 aliphatic carbocycles. The molecule has 1 rings (SSSR count). The zero-order valence-electron chi connectivity index (χ0n) is 3.94. The van der Waals surface area contributed by atoms with E-state index in [-0.39, 0.29) is 0 Å². The van der Waals surface area contributed by atoms with Crippen LogP contribution in [0.25, 0.3) is 0 Å². The fourth-order valence-electron chi connectivity index (χ4n) is 0.489. The number of rotatable bonds is 1. The van der Waals surface area contributed by atoms with E-state index in [9.17, 15) is 0 Å². The van der Waals surface area contributed by atoms with Crippen LogP contribution in [-0.2, 0) is 0 Å². The van der Waals surface area contributed by atoms with Crippen molar-refractivity contribution in [2.24, 2.45) is 5.92 Å². The van der Waals surface area contributed by atoms with E-state index in [1.807, 2.05) is 6.08 Å². The lowest BCUT2D eigenvalue weighted by atomic mass is 10.3. The molecule has 0 aliphatic heterocycles. The van der Waals surface area contributed by atoms with Gasteiger partial charge in [0.05, 0.1) is 0 Å². The van der Waals surface area contributed by atoms with Crippen LogP contribution in [0.5, 0.6) is 0 Å². The topological polar surface area (TPSA) is 0 Å². The highest BCUT2D eigenvalue weighted by Gasteiger charge is 2.13. The molecule has 0 saturated heterocycles. The van der Waals surface area contributed by atoms with E-state index in [1.54, 1.807) is 0 Å². The van der Waals surface area contributed by atoms with E-state index in [2.05, 4.69) is 19.6 Å². The molecule has 32 valence electrons. The molecule has 0 saturated carbocycles. The maximum atomic E-state index is 3.62. The largest absolute Gasteiger partial charge is 0.102 e. The Hall–Kier alpha value is -0.520. The van der Waals surface area contributed by atoms with Gasteiger partial charge in [0.2, 0.25) is 0 Å². The zero-order chi connectivity index (χ0) is 4.57. The molecular weight excluding hydrogens is 72.1 g/mol. The van der Waals surface area contributed by atoms with Gasteiger partial charge < -0.3 is 0 Å². The van der Waals surface area contributed by atoms with Crippen LogP contribution in [0.15, 0.2) is 24.3 Å². The van der Waals surface area contributed by atoms with Gasteiger partial charge in [0, 0.05) is 5.92 Å². The molecule has 0 bridgehead atoms. The Morgan fingerprint density at radius 1 is 2.00 bits per heavy atom. The van der Waals surface area contributed by atoms with Crippen molar-refractivity contribution in [2.45, 2.75) is 6.92 Å². The van der Waals surface area contributed by atoms with Gasteiger partial charge in [-0.25, -0.2) is 0 Å². The fourth-order valence-corrected chi connectivity index (χ4v) is 0.489. The van der Waals surface area contributed by atoms with Crippen molar-refractivity contribution in [1.82, 2.24) is 0 Å². The summed E-state index contributed by atoms with van der Waals surface area (Å²) in [5.74, 6) is 0.657. The molecule has 0 heterocycles. The average molecular weight is 80.1 g/mol. The Bertz CT molecular complexity index is 98.6.